The number of carbonyl (C=O) groups is 3. The zero-order valence-corrected chi connectivity index (χ0v) is 20.0. The molecule has 0 aliphatic rings. The fourth-order valence-corrected chi connectivity index (χ4v) is 3.10. The van der Waals surface area contributed by atoms with Gasteiger partial charge in [-0.05, 0) is 12.8 Å². The van der Waals surface area contributed by atoms with Crippen molar-refractivity contribution in [3.05, 3.63) is 0 Å². The van der Waals surface area contributed by atoms with Gasteiger partial charge in [-0.3, -0.25) is 9.59 Å². The van der Waals surface area contributed by atoms with Crippen molar-refractivity contribution < 1.29 is 24.6 Å². The molecule has 0 bridgehead atoms. The van der Waals surface area contributed by atoms with Gasteiger partial charge in [0, 0.05) is 42.4 Å². The fourth-order valence-electron chi connectivity index (χ4n) is 3.10. The number of aliphatic carboxylic acids is 2. The van der Waals surface area contributed by atoms with Gasteiger partial charge in [0.1, 0.15) is 6.04 Å². The Balaban J connectivity index is 0. The second-order valence-electron chi connectivity index (χ2n) is 7.38. The summed E-state index contributed by atoms with van der Waals surface area (Å²) in [4.78, 5) is 33.3. The SMILES string of the molecule is CCCCCCCCCCCCCCCC(=O)N[C@@H](CCC(=O)O)C(=O)O.[Na]. The first-order valence-corrected chi connectivity index (χ1v) is 10.7. The summed E-state index contributed by atoms with van der Waals surface area (Å²) < 4.78 is 0. The quantitative estimate of drug-likeness (QED) is 0.215. The summed E-state index contributed by atoms with van der Waals surface area (Å²) in [6.45, 7) is 2.24. The molecule has 28 heavy (non-hydrogen) atoms. The molecular formula is C21H39NNaO5. The first-order valence-electron chi connectivity index (χ1n) is 10.7. The van der Waals surface area contributed by atoms with Crippen LogP contribution in [0.25, 0.3) is 0 Å². The van der Waals surface area contributed by atoms with Crippen LogP contribution in [0.2, 0.25) is 0 Å². The van der Waals surface area contributed by atoms with Crippen LogP contribution in [0.3, 0.4) is 0 Å². The van der Waals surface area contributed by atoms with Gasteiger partial charge in [0.15, 0.2) is 0 Å². The Hall–Kier alpha value is -0.590. The Morgan fingerprint density at radius 2 is 1.14 bits per heavy atom. The molecule has 0 saturated heterocycles. The van der Waals surface area contributed by atoms with Gasteiger partial charge in [0.05, 0.1) is 0 Å². The monoisotopic (exact) mass is 408 g/mol. The average molecular weight is 409 g/mol. The molecule has 0 saturated carbocycles. The van der Waals surface area contributed by atoms with E-state index >= 15 is 0 Å². The molecule has 0 aliphatic carbocycles. The molecule has 6 nitrogen and oxygen atoms in total. The molecule has 1 atom stereocenters. The first kappa shape index (κ1) is 29.6. The molecule has 0 rings (SSSR count). The minimum Gasteiger partial charge on any atom is -0.481 e. The molecule has 0 aromatic rings. The zero-order chi connectivity index (χ0) is 20.3. The van der Waals surface area contributed by atoms with E-state index in [2.05, 4.69) is 12.2 Å². The van der Waals surface area contributed by atoms with Gasteiger partial charge in [0.2, 0.25) is 5.91 Å². The molecule has 1 radical (unpaired) electrons. The normalized spacial score (nSPS) is 11.5. The van der Waals surface area contributed by atoms with E-state index in [0.717, 1.165) is 19.3 Å². The molecule has 1 amide bonds. The number of carboxylic acids is 2. The van der Waals surface area contributed by atoms with Crippen LogP contribution >= 0.6 is 0 Å². The molecular weight excluding hydrogens is 369 g/mol. The number of carboxylic acid groups (broad SMARTS) is 2. The number of hydrogen-bond acceptors (Lipinski definition) is 3. The molecule has 3 N–H and O–H groups in total. The van der Waals surface area contributed by atoms with Crippen molar-refractivity contribution in [3.8, 4) is 0 Å². The van der Waals surface area contributed by atoms with Crippen molar-refractivity contribution in [1.82, 2.24) is 5.32 Å². The standard InChI is InChI=1S/C21H39NO5.Na/c1-2-3-4-5-6-7-8-9-10-11-12-13-14-15-19(23)22-18(21(26)27)16-17-20(24)25;/h18H,2-17H2,1H3,(H,22,23)(H,24,25)(H,26,27);/t18-;/m0./s1. The number of nitrogens with one attached hydrogen (secondary N) is 1. The first-order chi connectivity index (χ1) is 13.0. The maximum Gasteiger partial charge on any atom is 0.326 e. The molecule has 0 aromatic heterocycles. The Morgan fingerprint density at radius 3 is 1.54 bits per heavy atom. The number of unbranched alkanes of at least 4 members (excludes halogenated alkanes) is 12. The van der Waals surface area contributed by atoms with Crippen LogP contribution in [0.5, 0.6) is 0 Å². The van der Waals surface area contributed by atoms with Crippen LogP contribution in [0, 0.1) is 0 Å². The van der Waals surface area contributed by atoms with Gasteiger partial charge >= 0.3 is 11.9 Å². The van der Waals surface area contributed by atoms with Crippen molar-refractivity contribution >= 4 is 47.4 Å². The third-order valence-electron chi connectivity index (χ3n) is 4.79. The van der Waals surface area contributed by atoms with Crippen LogP contribution in [0.4, 0.5) is 0 Å². The number of rotatable bonds is 19. The average Bonchev–Trinajstić information content (AvgIpc) is 2.62. The van der Waals surface area contributed by atoms with Crippen molar-refractivity contribution in [2.24, 2.45) is 0 Å². The van der Waals surface area contributed by atoms with Crippen LogP contribution < -0.4 is 5.32 Å². The Bertz CT molecular complexity index is 418. The summed E-state index contributed by atoms with van der Waals surface area (Å²) in [6, 6.07) is -1.12. The largest absolute Gasteiger partial charge is 0.481 e. The maximum absolute atomic E-state index is 11.8. The van der Waals surface area contributed by atoms with Crippen molar-refractivity contribution in [1.29, 1.82) is 0 Å². The van der Waals surface area contributed by atoms with Crippen LogP contribution in [-0.2, 0) is 14.4 Å². The topological polar surface area (TPSA) is 104 Å². The Kier molecular flexibility index (Phi) is 22.3. The van der Waals surface area contributed by atoms with Gasteiger partial charge in [-0.2, -0.15) is 0 Å². The predicted molar refractivity (Wildman–Crippen MR) is 113 cm³/mol. The summed E-state index contributed by atoms with van der Waals surface area (Å²) in [6.07, 6.45) is 15.9. The van der Waals surface area contributed by atoms with Gasteiger partial charge < -0.3 is 15.5 Å². The van der Waals surface area contributed by atoms with Crippen molar-refractivity contribution in [2.75, 3.05) is 0 Å². The number of hydrogen-bond donors (Lipinski definition) is 3. The minimum atomic E-state index is -1.19. The van der Waals surface area contributed by atoms with E-state index < -0.39 is 18.0 Å². The van der Waals surface area contributed by atoms with Gasteiger partial charge in [0.25, 0.3) is 0 Å². The summed E-state index contributed by atoms with van der Waals surface area (Å²) in [5.41, 5.74) is 0. The summed E-state index contributed by atoms with van der Waals surface area (Å²) in [5.74, 6) is -2.56. The van der Waals surface area contributed by atoms with Crippen molar-refractivity contribution in [3.63, 3.8) is 0 Å². The molecule has 7 heteroatoms. The Labute approximate surface area is 192 Å². The van der Waals surface area contributed by atoms with Gasteiger partial charge in [-0.1, -0.05) is 84.0 Å². The van der Waals surface area contributed by atoms with E-state index in [4.69, 9.17) is 10.2 Å². The third kappa shape index (κ3) is 20.2. The van der Waals surface area contributed by atoms with Crippen LogP contribution in [0.1, 0.15) is 110 Å². The Morgan fingerprint density at radius 1 is 0.714 bits per heavy atom. The third-order valence-corrected chi connectivity index (χ3v) is 4.79. The van der Waals surface area contributed by atoms with E-state index in [0.29, 0.717) is 6.42 Å². The van der Waals surface area contributed by atoms with Crippen LogP contribution in [-0.4, -0.2) is 63.7 Å². The fraction of sp³-hybridized carbons (Fsp3) is 0.857. The number of carbonyl (C=O) groups excluding carboxylic acids is 1. The molecule has 0 unspecified atom stereocenters. The minimum absolute atomic E-state index is 0. The molecule has 0 fully saturated rings. The maximum atomic E-state index is 11.8. The predicted octanol–water partition coefficient (Wildman–Crippen LogP) is 4.52. The smallest absolute Gasteiger partial charge is 0.326 e. The second-order valence-corrected chi connectivity index (χ2v) is 7.38. The number of amides is 1. The molecule has 0 aromatic carbocycles. The van der Waals surface area contributed by atoms with Gasteiger partial charge in [-0.15, -0.1) is 0 Å². The summed E-state index contributed by atoms with van der Waals surface area (Å²) >= 11 is 0. The van der Waals surface area contributed by atoms with Gasteiger partial charge in [-0.25, -0.2) is 4.79 Å². The van der Waals surface area contributed by atoms with E-state index in [1.54, 1.807) is 0 Å². The summed E-state index contributed by atoms with van der Waals surface area (Å²) in [5, 5.41) is 20.0. The van der Waals surface area contributed by atoms with E-state index in [1.807, 2.05) is 0 Å². The van der Waals surface area contributed by atoms with E-state index in [1.165, 1.54) is 64.2 Å². The molecule has 0 spiro atoms. The molecule has 0 aliphatic heterocycles. The molecule has 159 valence electrons. The van der Waals surface area contributed by atoms with Crippen LogP contribution in [0.15, 0.2) is 0 Å². The van der Waals surface area contributed by atoms with E-state index in [9.17, 15) is 14.4 Å². The zero-order valence-electron chi connectivity index (χ0n) is 18.0. The molecule has 0 heterocycles. The summed E-state index contributed by atoms with van der Waals surface area (Å²) in [7, 11) is 0. The van der Waals surface area contributed by atoms with E-state index in [-0.39, 0.29) is 48.3 Å². The second kappa shape index (κ2) is 21.1. The van der Waals surface area contributed by atoms with Crippen molar-refractivity contribution in [2.45, 2.75) is 116 Å².